The van der Waals surface area contributed by atoms with Crippen LogP contribution in [0.5, 0.6) is 0 Å². The molecule has 1 aromatic heterocycles. The van der Waals surface area contributed by atoms with Crippen LogP contribution >= 0.6 is 11.6 Å². The fourth-order valence-corrected chi connectivity index (χ4v) is 9.92. The summed E-state index contributed by atoms with van der Waals surface area (Å²) in [5, 5.41) is 0.0272. The number of para-hydroxylation sites is 2. The van der Waals surface area contributed by atoms with Gasteiger partial charge < -0.3 is 9.47 Å². The number of nitrogens with one attached hydrogen (secondary N) is 1. The molecule has 4 heterocycles. The van der Waals surface area contributed by atoms with E-state index in [1.165, 1.54) is 43.2 Å². The molecule has 3 fully saturated rings. The molecule has 3 saturated heterocycles. The summed E-state index contributed by atoms with van der Waals surface area (Å²) in [7, 11) is -2.80. The van der Waals surface area contributed by atoms with Gasteiger partial charge in [-0.25, -0.2) is 13.4 Å². The SMILES string of the molecule is CONS(=O)(=O)c1cc(C(=O)N2CCC(CCN3[C@@H]4CC[C@H]3C[C@@H](n3c(C)nc5ccccc53)C4)(c3ccccc3)CC2)ccc1Cl. The molecule has 0 radical (unpaired) electrons. The highest BCUT2D eigenvalue weighted by Crippen LogP contribution is 2.45. The van der Waals surface area contributed by atoms with Crippen molar-refractivity contribution in [3.05, 3.63) is 94.8 Å². The number of hydrogen-bond acceptors (Lipinski definition) is 6. The molecule has 0 aliphatic carbocycles. The van der Waals surface area contributed by atoms with Gasteiger partial charge in [0, 0.05) is 36.8 Å². The topological polar surface area (TPSA) is 96.8 Å². The van der Waals surface area contributed by atoms with Gasteiger partial charge in [-0.05, 0) is 99.7 Å². The quantitative estimate of drug-likeness (QED) is 0.210. The molecule has 3 atom stereocenters. The number of amides is 1. The third kappa shape index (κ3) is 6.10. The number of carbonyl (C=O) groups is 1. The second-order valence-electron chi connectivity index (χ2n) is 13.4. The summed E-state index contributed by atoms with van der Waals surface area (Å²) in [6, 6.07) is 25.3. The van der Waals surface area contributed by atoms with Crippen LogP contribution in [0.1, 0.15) is 72.7 Å². The Morgan fingerprint density at radius 3 is 2.36 bits per heavy atom. The maximum atomic E-state index is 13.7. The van der Waals surface area contributed by atoms with Crippen molar-refractivity contribution in [2.75, 3.05) is 26.7 Å². The van der Waals surface area contributed by atoms with Crippen molar-refractivity contribution in [3.8, 4) is 0 Å². The summed E-state index contributed by atoms with van der Waals surface area (Å²) in [4.78, 5) is 29.6. The minimum atomic E-state index is -4.02. The number of piperidine rings is 2. The summed E-state index contributed by atoms with van der Waals surface area (Å²) in [5.74, 6) is 0.913. The highest BCUT2D eigenvalue weighted by molar-refractivity contribution is 7.89. The van der Waals surface area contributed by atoms with Gasteiger partial charge in [0.05, 0.1) is 23.2 Å². The summed E-state index contributed by atoms with van der Waals surface area (Å²) < 4.78 is 27.7. The number of aromatic nitrogens is 2. The number of likely N-dealkylation sites (tertiary alicyclic amines) is 1. The fourth-order valence-electron chi connectivity index (χ4n) is 8.58. The predicted octanol–water partition coefficient (Wildman–Crippen LogP) is 6.27. The molecule has 47 heavy (non-hydrogen) atoms. The monoisotopic (exact) mass is 675 g/mol. The number of carbonyl (C=O) groups excluding carboxylic acids is 1. The standard InChI is InChI=1S/C36H42ClN5O4S/c1-25-38-32-10-6-7-11-33(32)42(25)30-23-28-13-14-29(24-30)41(28)21-18-36(27-8-4-3-5-9-27)16-19-40(20-17-36)35(43)26-12-15-31(37)34(22-26)47(44,45)39-46-2/h3-12,15,22,28-30,39H,13-14,16-21,23-24H2,1-2H3/t28-,29+,30+. The van der Waals surface area contributed by atoms with Crippen LogP contribution in [-0.4, -0.2) is 72.5 Å². The molecule has 3 aliphatic heterocycles. The van der Waals surface area contributed by atoms with Crippen molar-refractivity contribution in [2.45, 2.75) is 80.3 Å². The smallest absolute Gasteiger partial charge is 0.263 e. The molecule has 3 aromatic carbocycles. The lowest BCUT2D eigenvalue weighted by molar-refractivity contribution is 0.0606. The Hall–Kier alpha value is -3.28. The number of aryl methyl sites for hydroxylation is 1. The average molecular weight is 676 g/mol. The zero-order valence-electron chi connectivity index (χ0n) is 26.9. The Balaban J connectivity index is 1.06. The number of fused-ring (bicyclic) bond motifs is 3. The maximum Gasteiger partial charge on any atom is 0.263 e. The molecule has 9 nitrogen and oxygen atoms in total. The lowest BCUT2D eigenvalue weighted by Gasteiger charge is -2.45. The molecular formula is C36H42ClN5O4S. The Labute approximate surface area is 281 Å². The van der Waals surface area contributed by atoms with Crippen LogP contribution in [0.4, 0.5) is 0 Å². The Kier molecular flexibility index (Phi) is 8.91. The van der Waals surface area contributed by atoms with Crippen molar-refractivity contribution in [1.29, 1.82) is 0 Å². The summed E-state index contributed by atoms with van der Waals surface area (Å²) in [5.41, 5.74) is 3.91. The second kappa shape index (κ2) is 13.0. The van der Waals surface area contributed by atoms with Gasteiger partial charge in [0.15, 0.2) is 0 Å². The van der Waals surface area contributed by atoms with Crippen LogP contribution in [0, 0.1) is 6.92 Å². The predicted molar refractivity (Wildman–Crippen MR) is 183 cm³/mol. The van der Waals surface area contributed by atoms with E-state index in [9.17, 15) is 13.2 Å². The van der Waals surface area contributed by atoms with E-state index in [1.54, 1.807) is 6.07 Å². The van der Waals surface area contributed by atoms with Crippen LogP contribution in [0.2, 0.25) is 5.02 Å². The van der Waals surface area contributed by atoms with E-state index in [0.717, 1.165) is 50.0 Å². The second-order valence-corrected chi connectivity index (χ2v) is 15.4. The molecule has 7 rings (SSSR count). The Bertz CT molecular complexity index is 1860. The van der Waals surface area contributed by atoms with Crippen LogP contribution in [-0.2, 0) is 20.3 Å². The summed E-state index contributed by atoms with van der Waals surface area (Å²) >= 11 is 6.19. The van der Waals surface area contributed by atoms with E-state index in [-0.39, 0.29) is 21.2 Å². The van der Waals surface area contributed by atoms with Crippen LogP contribution in [0.15, 0.2) is 77.7 Å². The zero-order chi connectivity index (χ0) is 32.8. The number of benzene rings is 3. The van der Waals surface area contributed by atoms with Crippen molar-refractivity contribution in [3.63, 3.8) is 0 Å². The van der Waals surface area contributed by atoms with Gasteiger partial charge in [0.25, 0.3) is 15.9 Å². The normalized spacial score (nSPS) is 23.0. The van der Waals surface area contributed by atoms with Crippen LogP contribution in [0.25, 0.3) is 11.0 Å². The summed E-state index contributed by atoms with van der Waals surface area (Å²) in [6.45, 7) is 4.37. The number of halogens is 1. The number of rotatable bonds is 9. The van der Waals surface area contributed by atoms with Gasteiger partial charge in [-0.3, -0.25) is 14.5 Å². The highest BCUT2D eigenvalue weighted by atomic mass is 35.5. The van der Waals surface area contributed by atoms with Crippen LogP contribution in [0.3, 0.4) is 0 Å². The minimum absolute atomic E-state index is 0.0272. The first-order chi connectivity index (χ1) is 22.7. The lowest BCUT2D eigenvalue weighted by Crippen LogP contribution is -2.49. The van der Waals surface area contributed by atoms with Gasteiger partial charge >= 0.3 is 0 Å². The molecule has 1 N–H and O–H groups in total. The summed E-state index contributed by atoms with van der Waals surface area (Å²) in [6.07, 6.45) is 7.51. The van der Waals surface area contributed by atoms with E-state index in [1.807, 2.05) is 9.79 Å². The number of sulfonamides is 1. The molecule has 1 amide bonds. The largest absolute Gasteiger partial charge is 0.339 e. The first kappa shape index (κ1) is 32.3. The van der Waals surface area contributed by atoms with Gasteiger partial charge in [-0.15, -0.1) is 0 Å². The Morgan fingerprint density at radius 2 is 1.66 bits per heavy atom. The first-order valence-electron chi connectivity index (χ1n) is 16.6. The van der Waals surface area contributed by atoms with Gasteiger partial charge in [-0.2, -0.15) is 0 Å². The Morgan fingerprint density at radius 1 is 0.979 bits per heavy atom. The lowest BCUT2D eigenvalue weighted by atomic mass is 9.70. The third-order valence-electron chi connectivity index (χ3n) is 10.9. The molecule has 11 heteroatoms. The van der Waals surface area contributed by atoms with Crippen molar-refractivity contribution < 1.29 is 18.0 Å². The highest BCUT2D eigenvalue weighted by Gasteiger charge is 2.44. The maximum absolute atomic E-state index is 13.7. The first-order valence-corrected chi connectivity index (χ1v) is 18.4. The van der Waals surface area contributed by atoms with E-state index in [2.05, 4.69) is 75.8 Å². The van der Waals surface area contributed by atoms with Crippen molar-refractivity contribution in [1.82, 2.24) is 24.2 Å². The molecule has 248 valence electrons. The van der Waals surface area contributed by atoms with E-state index >= 15 is 0 Å². The zero-order valence-corrected chi connectivity index (χ0v) is 28.5. The van der Waals surface area contributed by atoms with E-state index in [0.29, 0.717) is 36.8 Å². The molecule has 0 saturated carbocycles. The van der Waals surface area contributed by atoms with Crippen molar-refractivity contribution in [2.24, 2.45) is 0 Å². The van der Waals surface area contributed by atoms with Gasteiger partial charge in [0.2, 0.25) is 0 Å². The number of nitrogens with zero attached hydrogens (tertiary/aromatic N) is 4. The van der Waals surface area contributed by atoms with Crippen molar-refractivity contribution >= 4 is 38.6 Å². The molecule has 0 unspecified atom stereocenters. The molecule has 2 bridgehead atoms. The van der Waals surface area contributed by atoms with Gasteiger partial charge in [-0.1, -0.05) is 59.0 Å². The molecular weight excluding hydrogens is 634 g/mol. The average Bonchev–Trinajstić information content (AvgIpc) is 3.54. The van der Waals surface area contributed by atoms with Gasteiger partial charge in [0.1, 0.15) is 10.7 Å². The van der Waals surface area contributed by atoms with E-state index in [4.69, 9.17) is 16.6 Å². The number of hydrogen-bond donors (Lipinski definition) is 1. The minimum Gasteiger partial charge on any atom is -0.339 e. The number of imidazole rings is 1. The molecule has 0 spiro atoms. The van der Waals surface area contributed by atoms with E-state index < -0.39 is 10.0 Å². The molecule has 4 aromatic rings. The molecule has 3 aliphatic rings. The fraction of sp³-hybridized carbons (Fsp3) is 0.444. The third-order valence-corrected chi connectivity index (χ3v) is 12.6. The van der Waals surface area contributed by atoms with Crippen LogP contribution < -0.4 is 4.89 Å².